The van der Waals surface area contributed by atoms with E-state index in [1.165, 1.54) is 12.1 Å². The van der Waals surface area contributed by atoms with E-state index in [0.717, 1.165) is 13.0 Å². The van der Waals surface area contributed by atoms with Crippen LogP contribution in [-0.2, 0) is 0 Å². The Morgan fingerprint density at radius 3 is 2.53 bits per heavy atom. The fraction of sp³-hybridized carbons (Fsp3) is 0.417. The van der Waals surface area contributed by atoms with Crippen LogP contribution in [0.1, 0.15) is 30.6 Å². The van der Waals surface area contributed by atoms with Gasteiger partial charge in [-0.25, -0.2) is 4.39 Å². The summed E-state index contributed by atoms with van der Waals surface area (Å²) < 4.78 is 13.4. The van der Waals surface area contributed by atoms with Crippen molar-refractivity contribution in [3.63, 3.8) is 0 Å². The smallest absolute Gasteiger partial charge is 0.257 e. The molecule has 1 amide bonds. The Labute approximate surface area is 88.7 Å². The molecule has 1 aromatic rings. The van der Waals surface area contributed by atoms with Gasteiger partial charge in [-0.15, -0.1) is 0 Å². The first-order chi connectivity index (χ1) is 7.02. The van der Waals surface area contributed by atoms with Crippen LogP contribution in [0.15, 0.2) is 24.3 Å². The number of benzene rings is 1. The third kappa shape index (κ3) is 1.62. The SMILES string of the molecule is CC1(C)CCN1C(=O)c1ccccc1F. The second-order valence-electron chi connectivity index (χ2n) is 4.50. The average molecular weight is 207 g/mol. The molecule has 1 aliphatic rings. The molecule has 0 radical (unpaired) electrons. The number of hydrogen-bond acceptors (Lipinski definition) is 1. The van der Waals surface area contributed by atoms with Crippen molar-refractivity contribution >= 4 is 5.91 Å². The zero-order valence-electron chi connectivity index (χ0n) is 8.96. The van der Waals surface area contributed by atoms with Crippen LogP contribution in [-0.4, -0.2) is 22.9 Å². The Balaban J connectivity index is 2.26. The zero-order chi connectivity index (χ0) is 11.1. The maximum Gasteiger partial charge on any atom is 0.257 e. The number of nitrogens with zero attached hydrogens (tertiary/aromatic N) is 1. The molecule has 80 valence electrons. The molecular formula is C12H14FNO. The van der Waals surface area contributed by atoms with Gasteiger partial charge in [-0.05, 0) is 32.4 Å². The highest BCUT2D eigenvalue weighted by Gasteiger charge is 2.40. The Hall–Kier alpha value is -1.38. The van der Waals surface area contributed by atoms with E-state index in [-0.39, 0.29) is 17.0 Å². The normalized spacial score (nSPS) is 18.5. The molecule has 0 saturated carbocycles. The number of rotatable bonds is 1. The Morgan fingerprint density at radius 1 is 1.40 bits per heavy atom. The van der Waals surface area contributed by atoms with Gasteiger partial charge >= 0.3 is 0 Å². The van der Waals surface area contributed by atoms with Gasteiger partial charge in [0.1, 0.15) is 5.82 Å². The predicted octanol–water partition coefficient (Wildman–Crippen LogP) is 2.45. The van der Waals surface area contributed by atoms with E-state index in [4.69, 9.17) is 0 Å². The summed E-state index contributed by atoms with van der Waals surface area (Å²) in [5, 5.41) is 0. The molecule has 0 aliphatic carbocycles. The molecule has 2 nitrogen and oxygen atoms in total. The number of likely N-dealkylation sites (tertiary alicyclic amines) is 1. The van der Waals surface area contributed by atoms with Crippen molar-refractivity contribution in [1.29, 1.82) is 0 Å². The van der Waals surface area contributed by atoms with Gasteiger partial charge in [0, 0.05) is 12.1 Å². The van der Waals surface area contributed by atoms with Crippen LogP contribution < -0.4 is 0 Å². The summed E-state index contributed by atoms with van der Waals surface area (Å²) in [7, 11) is 0. The standard InChI is InChI=1S/C12H14FNO/c1-12(2)7-8-14(12)11(15)9-5-3-4-6-10(9)13/h3-6H,7-8H2,1-2H3. The van der Waals surface area contributed by atoms with Gasteiger partial charge in [0.15, 0.2) is 0 Å². The van der Waals surface area contributed by atoms with E-state index in [1.54, 1.807) is 17.0 Å². The predicted molar refractivity (Wildman–Crippen MR) is 56.1 cm³/mol. The topological polar surface area (TPSA) is 20.3 Å². The number of hydrogen-bond donors (Lipinski definition) is 0. The third-order valence-corrected chi connectivity index (χ3v) is 3.03. The second kappa shape index (κ2) is 3.33. The molecule has 1 heterocycles. The summed E-state index contributed by atoms with van der Waals surface area (Å²) in [4.78, 5) is 13.7. The van der Waals surface area contributed by atoms with Gasteiger partial charge in [-0.1, -0.05) is 12.1 Å². The van der Waals surface area contributed by atoms with Gasteiger partial charge < -0.3 is 4.90 Å². The fourth-order valence-electron chi connectivity index (χ4n) is 1.83. The summed E-state index contributed by atoms with van der Waals surface area (Å²) in [5.41, 5.74) is 0.0459. The lowest BCUT2D eigenvalue weighted by atomic mass is 9.88. The average Bonchev–Trinajstić information content (AvgIpc) is 2.17. The van der Waals surface area contributed by atoms with Crippen LogP contribution in [0.25, 0.3) is 0 Å². The first kappa shape index (κ1) is 10.1. The van der Waals surface area contributed by atoms with Gasteiger partial charge in [0.2, 0.25) is 0 Å². The molecule has 0 atom stereocenters. The van der Waals surface area contributed by atoms with Crippen LogP contribution >= 0.6 is 0 Å². The van der Waals surface area contributed by atoms with Gasteiger partial charge in [0.25, 0.3) is 5.91 Å². The molecule has 1 fully saturated rings. The van der Waals surface area contributed by atoms with E-state index in [1.807, 2.05) is 13.8 Å². The largest absolute Gasteiger partial charge is 0.333 e. The molecule has 3 heteroatoms. The Bertz CT molecular complexity index is 400. The van der Waals surface area contributed by atoms with Gasteiger partial charge in [-0.2, -0.15) is 0 Å². The van der Waals surface area contributed by atoms with E-state index in [0.29, 0.717) is 0 Å². The van der Waals surface area contributed by atoms with Crippen molar-refractivity contribution in [3.8, 4) is 0 Å². The van der Waals surface area contributed by atoms with Crippen molar-refractivity contribution in [2.75, 3.05) is 6.54 Å². The second-order valence-corrected chi connectivity index (χ2v) is 4.50. The van der Waals surface area contributed by atoms with Crippen molar-refractivity contribution in [1.82, 2.24) is 4.90 Å². The molecule has 0 N–H and O–H groups in total. The lowest BCUT2D eigenvalue weighted by Gasteiger charge is -2.48. The van der Waals surface area contributed by atoms with Crippen LogP contribution in [0.2, 0.25) is 0 Å². The molecule has 0 bridgehead atoms. The molecule has 1 aromatic carbocycles. The monoisotopic (exact) mass is 207 g/mol. The highest BCUT2D eigenvalue weighted by molar-refractivity contribution is 5.95. The van der Waals surface area contributed by atoms with Crippen molar-refractivity contribution in [2.24, 2.45) is 0 Å². The molecule has 0 unspecified atom stereocenters. The van der Waals surface area contributed by atoms with Crippen molar-refractivity contribution in [2.45, 2.75) is 25.8 Å². The van der Waals surface area contributed by atoms with Crippen LogP contribution in [0.4, 0.5) is 4.39 Å². The summed E-state index contributed by atoms with van der Waals surface area (Å²) in [6.07, 6.45) is 0.979. The maximum absolute atomic E-state index is 13.4. The highest BCUT2D eigenvalue weighted by Crippen LogP contribution is 2.31. The first-order valence-electron chi connectivity index (χ1n) is 5.09. The maximum atomic E-state index is 13.4. The number of carbonyl (C=O) groups excluding carboxylic acids is 1. The number of carbonyl (C=O) groups is 1. The number of amides is 1. The van der Waals surface area contributed by atoms with Crippen molar-refractivity contribution in [3.05, 3.63) is 35.6 Å². The lowest BCUT2D eigenvalue weighted by molar-refractivity contribution is 0.0153. The van der Waals surface area contributed by atoms with Crippen LogP contribution in [0, 0.1) is 5.82 Å². The molecule has 1 saturated heterocycles. The summed E-state index contributed by atoms with van der Waals surface area (Å²) >= 11 is 0. The van der Waals surface area contributed by atoms with Crippen molar-refractivity contribution < 1.29 is 9.18 Å². The first-order valence-corrected chi connectivity index (χ1v) is 5.09. The van der Waals surface area contributed by atoms with Crippen LogP contribution in [0.3, 0.4) is 0 Å². The molecule has 1 aliphatic heterocycles. The quantitative estimate of drug-likeness (QED) is 0.692. The van der Waals surface area contributed by atoms with Gasteiger partial charge in [-0.3, -0.25) is 4.79 Å². The third-order valence-electron chi connectivity index (χ3n) is 3.03. The van der Waals surface area contributed by atoms with Gasteiger partial charge in [0.05, 0.1) is 5.56 Å². The Morgan fingerprint density at radius 2 is 2.07 bits per heavy atom. The molecule has 15 heavy (non-hydrogen) atoms. The zero-order valence-corrected chi connectivity index (χ0v) is 8.96. The minimum atomic E-state index is -0.440. The van der Waals surface area contributed by atoms with E-state index in [9.17, 15) is 9.18 Å². The summed E-state index contributed by atoms with van der Waals surface area (Å²) in [6, 6.07) is 6.13. The van der Waals surface area contributed by atoms with E-state index < -0.39 is 5.82 Å². The Kier molecular flexibility index (Phi) is 2.25. The minimum absolute atomic E-state index is 0.126. The number of halogens is 1. The highest BCUT2D eigenvalue weighted by atomic mass is 19.1. The minimum Gasteiger partial charge on any atom is -0.333 e. The fourth-order valence-corrected chi connectivity index (χ4v) is 1.83. The summed E-state index contributed by atoms with van der Waals surface area (Å²) in [5.74, 6) is -0.644. The molecule has 0 aromatic heterocycles. The molecule has 2 rings (SSSR count). The van der Waals surface area contributed by atoms with E-state index in [2.05, 4.69) is 0 Å². The molecule has 0 spiro atoms. The molecular weight excluding hydrogens is 193 g/mol. The van der Waals surface area contributed by atoms with Crippen LogP contribution in [0.5, 0.6) is 0 Å². The lowest BCUT2D eigenvalue weighted by Crippen LogP contribution is -2.58. The summed E-state index contributed by atoms with van der Waals surface area (Å²) in [6.45, 7) is 4.71. The van der Waals surface area contributed by atoms with E-state index >= 15 is 0 Å².